The zero-order valence-corrected chi connectivity index (χ0v) is 13.2. The molecule has 0 amide bonds. The van der Waals surface area contributed by atoms with Crippen molar-refractivity contribution in [1.29, 1.82) is 0 Å². The van der Waals surface area contributed by atoms with Crippen molar-refractivity contribution in [3.05, 3.63) is 50.6 Å². The molecule has 0 saturated heterocycles. The second kappa shape index (κ2) is 6.50. The van der Waals surface area contributed by atoms with Crippen molar-refractivity contribution in [2.45, 2.75) is 12.3 Å². The Morgan fingerprint density at radius 3 is 2.89 bits per heavy atom. The van der Waals surface area contributed by atoms with E-state index >= 15 is 0 Å². The number of hydrogen-bond donors (Lipinski definition) is 1. The summed E-state index contributed by atoms with van der Waals surface area (Å²) in [6.45, 7) is 0.802. The van der Waals surface area contributed by atoms with E-state index in [0.717, 1.165) is 22.3 Å². The van der Waals surface area contributed by atoms with Crippen molar-refractivity contribution < 1.29 is 4.21 Å². The van der Waals surface area contributed by atoms with Crippen LogP contribution < -0.4 is 5.32 Å². The van der Waals surface area contributed by atoms with Crippen LogP contribution >= 0.6 is 27.3 Å². The molecule has 1 atom stereocenters. The van der Waals surface area contributed by atoms with Gasteiger partial charge in [0.05, 0.1) is 6.54 Å². The maximum atomic E-state index is 11.2. The van der Waals surface area contributed by atoms with Crippen molar-refractivity contribution >= 4 is 43.8 Å². The lowest BCUT2D eigenvalue weighted by molar-refractivity contribution is 0.686. The molecule has 0 bridgehead atoms. The summed E-state index contributed by atoms with van der Waals surface area (Å²) in [6.07, 6.45) is 1.73. The third-order valence-corrected chi connectivity index (χ3v) is 5.11. The topological polar surface area (TPSA) is 29.1 Å². The molecule has 0 aliphatic carbocycles. The highest BCUT2D eigenvalue weighted by molar-refractivity contribution is 9.10. The van der Waals surface area contributed by atoms with Crippen molar-refractivity contribution in [2.75, 3.05) is 11.6 Å². The number of rotatable bonds is 5. The van der Waals surface area contributed by atoms with Gasteiger partial charge in [0.25, 0.3) is 0 Å². The molecule has 0 aliphatic heterocycles. The fourth-order valence-electron chi connectivity index (χ4n) is 1.64. The van der Waals surface area contributed by atoms with E-state index in [0.29, 0.717) is 5.75 Å². The molecule has 0 spiro atoms. The smallest absolute Gasteiger partial charge is 0.0505 e. The molecule has 0 aliphatic rings. The van der Waals surface area contributed by atoms with E-state index in [1.165, 1.54) is 4.88 Å². The number of thiophene rings is 1. The van der Waals surface area contributed by atoms with Crippen LogP contribution in [0.5, 0.6) is 0 Å². The van der Waals surface area contributed by atoms with Gasteiger partial charge in [-0.25, -0.2) is 0 Å². The Hall–Kier alpha value is -0.650. The van der Waals surface area contributed by atoms with Gasteiger partial charge in [-0.15, -0.1) is 11.3 Å². The van der Waals surface area contributed by atoms with E-state index < -0.39 is 10.8 Å². The van der Waals surface area contributed by atoms with E-state index in [1.54, 1.807) is 17.6 Å². The van der Waals surface area contributed by atoms with Gasteiger partial charge in [0.1, 0.15) is 0 Å². The van der Waals surface area contributed by atoms with Gasteiger partial charge >= 0.3 is 0 Å². The highest BCUT2D eigenvalue weighted by Crippen LogP contribution is 2.23. The molecule has 2 nitrogen and oxygen atoms in total. The highest BCUT2D eigenvalue weighted by Gasteiger charge is 2.02. The summed E-state index contributed by atoms with van der Waals surface area (Å²) < 4.78 is 12.3. The average molecular weight is 344 g/mol. The van der Waals surface area contributed by atoms with Crippen molar-refractivity contribution in [3.8, 4) is 0 Å². The SMILES string of the molecule is C[S@@](=O)Cc1cccc(NCc2sccc2Br)c1. The van der Waals surface area contributed by atoms with Crippen LogP contribution in [0.3, 0.4) is 0 Å². The summed E-state index contributed by atoms with van der Waals surface area (Å²) in [6, 6.07) is 10.1. The summed E-state index contributed by atoms with van der Waals surface area (Å²) in [5.74, 6) is 0.609. The molecule has 0 unspecified atom stereocenters. The molecule has 2 rings (SSSR count). The van der Waals surface area contributed by atoms with Crippen LogP contribution in [-0.4, -0.2) is 10.5 Å². The molecule has 1 aromatic carbocycles. The lowest BCUT2D eigenvalue weighted by atomic mass is 10.2. The Morgan fingerprint density at radius 2 is 2.22 bits per heavy atom. The molecule has 2 aromatic rings. The Morgan fingerprint density at radius 1 is 1.39 bits per heavy atom. The molecule has 5 heteroatoms. The van der Waals surface area contributed by atoms with Gasteiger partial charge < -0.3 is 5.32 Å². The van der Waals surface area contributed by atoms with Crippen LogP contribution in [0.25, 0.3) is 0 Å². The summed E-state index contributed by atoms with van der Waals surface area (Å²) >= 11 is 5.24. The lowest BCUT2D eigenvalue weighted by Gasteiger charge is -2.07. The maximum Gasteiger partial charge on any atom is 0.0505 e. The minimum Gasteiger partial charge on any atom is -0.380 e. The first kappa shape index (κ1) is 13.8. The third-order valence-electron chi connectivity index (χ3n) is 2.44. The van der Waals surface area contributed by atoms with Gasteiger partial charge in [-0.3, -0.25) is 4.21 Å². The molecule has 0 saturated carbocycles. The fourth-order valence-corrected chi connectivity index (χ4v) is 3.72. The Kier molecular flexibility index (Phi) is 4.97. The largest absolute Gasteiger partial charge is 0.380 e. The van der Waals surface area contributed by atoms with Crippen molar-refractivity contribution in [3.63, 3.8) is 0 Å². The van der Waals surface area contributed by atoms with Gasteiger partial charge in [-0.2, -0.15) is 0 Å². The lowest BCUT2D eigenvalue weighted by Crippen LogP contribution is -1.99. The molecule has 1 aromatic heterocycles. The van der Waals surface area contributed by atoms with E-state index in [1.807, 2.05) is 18.2 Å². The number of halogens is 1. The van der Waals surface area contributed by atoms with Crippen LogP contribution in [0, 0.1) is 0 Å². The third kappa shape index (κ3) is 3.93. The molecule has 0 fully saturated rings. The van der Waals surface area contributed by atoms with Crippen LogP contribution in [0.4, 0.5) is 5.69 Å². The average Bonchev–Trinajstić information content (AvgIpc) is 2.72. The Bertz CT molecular complexity index is 553. The second-order valence-electron chi connectivity index (χ2n) is 3.96. The van der Waals surface area contributed by atoms with Crippen LogP contribution in [0.1, 0.15) is 10.4 Å². The molecule has 1 N–H and O–H groups in total. The van der Waals surface area contributed by atoms with Gasteiger partial charge in [-0.1, -0.05) is 12.1 Å². The fraction of sp³-hybridized carbons (Fsp3) is 0.231. The van der Waals surface area contributed by atoms with E-state index in [-0.39, 0.29) is 0 Å². The predicted molar refractivity (Wildman–Crippen MR) is 83.6 cm³/mol. The quantitative estimate of drug-likeness (QED) is 0.888. The van der Waals surface area contributed by atoms with Crippen LogP contribution in [0.2, 0.25) is 0 Å². The molecule has 18 heavy (non-hydrogen) atoms. The van der Waals surface area contributed by atoms with Gasteiger partial charge in [0.15, 0.2) is 0 Å². The zero-order chi connectivity index (χ0) is 13.0. The molecule has 1 heterocycles. The van der Waals surface area contributed by atoms with E-state index in [4.69, 9.17) is 0 Å². The van der Waals surface area contributed by atoms with Crippen LogP contribution in [0.15, 0.2) is 40.2 Å². The van der Waals surface area contributed by atoms with E-state index in [2.05, 4.69) is 38.8 Å². The molecule has 0 radical (unpaired) electrons. The first-order valence-electron chi connectivity index (χ1n) is 5.50. The molecular formula is C13H14BrNOS2. The van der Waals surface area contributed by atoms with Gasteiger partial charge in [0.2, 0.25) is 0 Å². The van der Waals surface area contributed by atoms with Gasteiger partial charge in [0, 0.05) is 37.8 Å². The Balaban J connectivity index is 2.01. The zero-order valence-electron chi connectivity index (χ0n) is 9.98. The molecule has 96 valence electrons. The monoisotopic (exact) mass is 343 g/mol. The van der Waals surface area contributed by atoms with Crippen molar-refractivity contribution in [1.82, 2.24) is 0 Å². The predicted octanol–water partition coefficient (Wildman–Crippen LogP) is 4.00. The summed E-state index contributed by atoms with van der Waals surface area (Å²) in [4.78, 5) is 1.28. The first-order valence-corrected chi connectivity index (χ1v) is 8.90. The van der Waals surface area contributed by atoms with E-state index in [9.17, 15) is 4.21 Å². The second-order valence-corrected chi connectivity index (χ2v) is 7.25. The first-order chi connectivity index (χ1) is 8.65. The normalized spacial score (nSPS) is 12.3. The standard InChI is InChI=1S/C13H14BrNOS2/c1-18(16)9-10-3-2-4-11(7-10)15-8-13-12(14)5-6-17-13/h2-7,15H,8-9H2,1H3/t18-/m1/s1. The minimum atomic E-state index is -0.795. The van der Waals surface area contributed by atoms with Crippen LogP contribution in [-0.2, 0) is 23.1 Å². The number of hydrogen-bond acceptors (Lipinski definition) is 3. The maximum absolute atomic E-state index is 11.2. The number of benzene rings is 1. The summed E-state index contributed by atoms with van der Waals surface area (Å²) in [5.41, 5.74) is 2.17. The summed E-state index contributed by atoms with van der Waals surface area (Å²) in [5, 5.41) is 5.45. The minimum absolute atomic E-state index is 0.609. The summed E-state index contributed by atoms with van der Waals surface area (Å²) in [7, 11) is -0.795. The Labute approximate surface area is 122 Å². The van der Waals surface area contributed by atoms with Gasteiger partial charge in [-0.05, 0) is 45.1 Å². The number of nitrogens with one attached hydrogen (secondary N) is 1. The highest BCUT2D eigenvalue weighted by atomic mass is 79.9. The molecular weight excluding hydrogens is 330 g/mol. The number of anilines is 1. The van der Waals surface area contributed by atoms with Crippen molar-refractivity contribution in [2.24, 2.45) is 0 Å².